The predicted molar refractivity (Wildman–Crippen MR) is 233 cm³/mol. The van der Waals surface area contributed by atoms with Crippen LogP contribution in [0.25, 0.3) is 0 Å². The van der Waals surface area contributed by atoms with Gasteiger partial charge in [0.05, 0.1) is 28.3 Å². The fourth-order valence-electron chi connectivity index (χ4n) is 7.19. The van der Waals surface area contributed by atoms with E-state index in [0.717, 1.165) is 12.0 Å². The van der Waals surface area contributed by atoms with E-state index in [-0.39, 0.29) is 39.1 Å². The van der Waals surface area contributed by atoms with E-state index in [1.54, 1.807) is 56.3 Å². The molecule has 0 spiro atoms. The van der Waals surface area contributed by atoms with Crippen LogP contribution in [0.4, 0.5) is 5.69 Å². The number of anilines is 1. The highest BCUT2D eigenvalue weighted by atomic mass is 16.5. The van der Waals surface area contributed by atoms with Crippen molar-refractivity contribution in [2.45, 2.75) is 85.4 Å². The van der Waals surface area contributed by atoms with Gasteiger partial charge >= 0.3 is 0 Å². The van der Waals surface area contributed by atoms with Crippen LogP contribution in [0.1, 0.15) is 117 Å². The Hall–Kier alpha value is -6.85. The van der Waals surface area contributed by atoms with Crippen LogP contribution >= 0.6 is 0 Å². The highest BCUT2D eigenvalue weighted by molar-refractivity contribution is 6.23. The molecule has 314 valence electrons. The number of benzene rings is 5. The van der Waals surface area contributed by atoms with Crippen LogP contribution in [0.2, 0.25) is 0 Å². The summed E-state index contributed by atoms with van der Waals surface area (Å²) >= 11 is 0. The number of allylic oxidation sites excluding steroid dienone is 2. The minimum absolute atomic E-state index is 0.125. The lowest BCUT2D eigenvalue weighted by Gasteiger charge is -2.32. The molecule has 5 aromatic carbocycles. The maximum atomic E-state index is 14.1. The number of ether oxygens (including phenoxy) is 5. The van der Waals surface area contributed by atoms with Gasteiger partial charge in [0.15, 0.2) is 17.7 Å². The molecule has 61 heavy (non-hydrogen) atoms. The standard InChI is InChI=1S/C50H50N2O9/c1-11-49(7,8)41-23-22-36(26-43(41)59-34-18-14-32(15-19-34)57-29(3)4)61-42-24-13-31(25-44(42)60-35-20-16-33(17-21-35)58-30(5)6)51-45(53)37-27-39-40(28-38(37)46(51)54)48(56)52(47(39)55)50(9,10)12-2/h13-28,45,53H,3,5,11-12H2,1-2,4,6-10H3. The number of hydrogen-bond acceptors (Lipinski definition) is 9. The molecule has 7 rings (SSSR count). The predicted octanol–water partition coefficient (Wildman–Crippen LogP) is 12.0. The van der Waals surface area contributed by atoms with Gasteiger partial charge in [-0.05, 0) is 125 Å². The Morgan fingerprint density at radius 2 is 1.10 bits per heavy atom. The number of aliphatic hydroxyl groups is 1. The smallest absolute Gasteiger partial charge is 0.262 e. The SMILES string of the molecule is C=C(C)Oc1ccc(Oc2cc(N3C(=O)c4cc5c(cc4C3O)C(=O)N(C(C)(C)CC)C5=O)ccc2Oc2ccc(C(C)(C)CC)c(Oc3ccc(OC(=C)C)cc3)c2)cc1. The Bertz CT molecular complexity index is 2570. The number of amides is 3. The zero-order chi connectivity index (χ0) is 44.0. The minimum atomic E-state index is -1.46. The highest BCUT2D eigenvalue weighted by Crippen LogP contribution is 2.46. The monoisotopic (exact) mass is 822 g/mol. The molecule has 1 unspecified atom stereocenters. The number of imide groups is 1. The average Bonchev–Trinajstić information content (AvgIpc) is 3.62. The number of nitrogens with zero attached hydrogens (tertiary/aromatic N) is 2. The fraction of sp³-hybridized carbons (Fsp3) is 0.260. The molecule has 2 aliphatic heterocycles. The third kappa shape index (κ3) is 8.34. The molecule has 0 radical (unpaired) electrons. The molecule has 0 saturated heterocycles. The summed E-state index contributed by atoms with van der Waals surface area (Å²) in [6, 6.07) is 27.6. The van der Waals surface area contributed by atoms with Crippen LogP contribution in [0.5, 0.6) is 46.0 Å². The molecule has 0 aliphatic carbocycles. The Morgan fingerprint density at radius 3 is 1.64 bits per heavy atom. The third-order valence-electron chi connectivity index (χ3n) is 11.2. The molecule has 11 nitrogen and oxygen atoms in total. The van der Waals surface area contributed by atoms with Gasteiger partial charge in [-0.2, -0.15) is 0 Å². The topological polar surface area (TPSA) is 124 Å². The van der Waals surface area contributed by atoms with Crippen molar-refractivity contribution in [3.05, 3.63) is 150 Å². The van der Waals surface area contributed by atoms with Crippen molar-refractivity contribution in [3.63, 3.8) is 0 Å². The quantitative estimate of drug-likeness (QED) is 0.0811. The summed E-state index contributed by atoms with van der Waals surface area (Å²) in [5.74, 6) is 3.43. The van der Waals surface area contributed by atoms with Gasteiger partial charge in [-0.1, -0.05) is 46.9 Å². The number of fused-ring (bicyclic) bond motifs is 2. The number of rotatable bonds is 15. The third-order valence-corrected chi connectivity index (χ3v) is 11.2. The Balaban J connectivity index is 1.24. The van der Waals surface area contributed by atoms with E-state index in [9.17, 15) is 19.5 Å². The number of carbonyl (C=O) groups is 3. The largest absolute Gasteiger partial charge is 0.463 e. The zero-order valence-electron chi connectivity index (χ0n) is 35.8. The van der Waals surface area contributed by atoms with E-state index in [1.165, 1.54) is 21.9 Å². The van der Waals surface area contributed by atoms with Gasteiger partial charge in [0.2, 0.25) is 0 Å². The van der Waals surface area contributed by atoms with Gasteiger partial charge in [-0.15, -0.1) is 0 Å². The van der Waals surface area contributed by atoms with Crippen LogP contribution in [0.15, 0.2) is 122 Å². The number of aliphatic hydroxyl groups excluding tert-OH is 1. The molecule has 0 bridgehead atoms. The van der Waals surface area contributed by atoms with E-state index in [4.69, 9.17) is 23.7 Å². The molecule has 11 heteroatoms. The van der Waals surface area contributed by atoms with E-state index in [2.05, 4.69) is 33.9 Å². The van der Waals surface area contributed by atoms with Crippen LogP contribution in [-0.4, -0.2) is 33.3 Å². The molecule has 2 aliphatic rings. The lowest BCUT2D eigenvalue weighted by atomic mass is 9.81. The second kappa shape index (κ2) is 16.3. The molecule has 3 amide bonds. The first kappa shape index (κ1) is 42.3. The maximum Gasteiger partial charge on any atom is 0.262 e. The van der Waals surface area contributed by atoms with Gasteiger partial charge in [-0.3, -0.25) is 24.2 Å². The van der Waals surface area contributed by atoms with Crippen molar-refractivity contribution in [2.24, 2.45) is 0 Å². The number of carbonyl (C=O) groups excluding carboxylic acids is 3. The van der Waals surface area contributed by atoms with E-state index in [1.807, 2.05) is 63.2 Å². The maximum absolute atomic E-state index is 14.1. The molecule has 0 fully saturated rings. The highest BCUT2D eigenvalue weighted by Gasteiger charge is 2.47. The van der Waals surface area contributed by atoms with Crippen LogP contribution in [0, 0.1) is 0 Å². The fourth-order valence-corrected chi connectivity index (χ4v) is 7.19. The summed E-state index contributed by atoms with van der Waals surface area (Å²) in [5, 5.41) is 11.7. The lowest BCUT2D eigenvalue weighted by molar-refractivity contribution is 0.0474. The second-order valence-electron chi connectivity index (χ2n) is 16.5. The summed E-state index contributed by atoms with van der Waals surface area (Å²) in [4.78, 5) is 43.6. The summed E-state index contributed by atoms with van der Waals surface area (Å²) in [7, 11) is 0. The van der Waals surface area contributed by atoms with Gasteiger partial charge in [0.1, 0.15) is 34.5 Å². The normalized spacial score (nSPS) is 14.8. The van der Waals surface area contributed by atoms with Gasteiger partial charge in [0, 0.05) is 34.4 Å². The summed E-state index contributed by atoms with van der Waals surface area (Å²) in [5.41, 5.74) is 0.914. The first-order valence-electron chi connectivity index (χ1n) is 20.2. The molecule has 1 atom stereocenters. The summed E-state index contributed by atoms with van der Waals surface area (Å²) in [6.45, 7) is 23.1. The van der Waals surface area contributed by atoms with Crippen LogP contribution in [-0.2, 0) is 5.41 Å². The van der Waals surface area contributed by atoms with Crippen molar-refractivity contribution < 1.29 is 43.2 Å². The number of hydrogen-bond donors (Lipinski definition) is 1. The van der Waals surface area contributed by atoms with E-state index >= 15 is 0 Å². The first-order chi connectivity index (χ1) is 28.9. The van der Waals surface area contributed by atoms with Gasteiger partial charge in [-0.25, -0.2) is 0 Å². The summed E-state index contributed by atoms with van der Waals surface area (Å²) in [6.07, 6.45) is -0.0689. The van der Waals surface area contributed by atoms with Gasteiger partial charge < -0.3 is 28.8 Å². The van der Waals surface area contributed by atoms with Crippen molar-refractivity contribution in [2.75, 3.05) is 4.90 Å². The molecule has 0 aromatic heterocycles. The van der Waals surface area contributed by atoms with Crippen molar-refractivity contribution in [1.29, 1.82) is 0 Å². The lowest BCUT2D eigenvalue weighted by Crippen LogP contribution is -2.47. The Labute approximate surface area is 356 Å². The van der Waals surface area contributed by atoms with E-state index in [0.29, 0.717) is 58.2 Å². The molecule has 2 heterocycles. The van der Waals surface area contributed by atoms with E-state index < -0.39 is 29.5 Å². The first-order valence-corrected chi connectivity index (χ1v) is 20.2. The average molecular weight is 823 g/mol. The minimum Gasteiger partial charge on any atom is -0.463 e. The van der Waals surface area contributed by atoms with Crippen LogP contribution in [0.3, 0.4) is 0 Å². The zero-order valence-corrected chi connectivity index (χ0v) is 35.8. The molecule has 0 saturated carbocycles. The molecular weight excluding hydrogens is 773 g/mol. The van der Waals surface area contributed by atoms with Crippen LogP contribution < -0.4 is 28.6 Å². The molecule has 1 N–H and O–H groups in total. The Kier molecular flexibility index (Phi) is 11.3. The van der Waals surface area contributed by atoms with Gasteiger partial charge in [0.25, 0.3) is 17.7 Å². The molecular formula is C50H50N2O9. The molecule has 5 aromatic rings. The van der Waals surface area contributed by atoms with Crippen molar-refractivity contribution in [3.8, 4) is 46.0 Å². The summed E-state index contributed by atoms with van der Waals surface area (Å²) < 4.78 is 30.7. The Morgan fingerprint density at radius 1 is 0.590 bits per heavy atom. The van der Waals surface area contributed by atoms with Crippen molar-refractivity contribution in [1.82, 2.24) is 4.90 Å². The second-order valence-corrected chi connectivity index (χ2v) is 16.5. The van der Waals surface area contributed by atoms with Crippen molar-refractivity contribution >= 4 is 23.4 Å².